The number of carboxylic acid groups (broad SMARTS) is 2. The molecule has 5 rings (SSSR count). The third kappa shape index (κ3) is 3.25. The van der Waals surface area contributed by atoms with E-state index in [4.69, 9.17) is 4.74 Å². The normalized spacial score (nSPS) is 11.1. The van der Waals surface area contributed by atoms with Crippen LogP contribution in [0.4, 0.5) is 0 Å². The van der Waals surface area contributed by atoms with Crippen molar-refractivity contribution in [3.8, 4) is 0 Å². The van der Waals surface area contributed by atoms with Gasteiger partial charge in [-0.1, -0.05) is 36.4 Å². The molecular weight excluding hydrogens is 451 g/mol. The van der Waals surface area contributed by atoms with Gasteiger partial charge in [0.05, 0.1) is 24.2 Å². The van der Waals surface area contributed by atoms with Gasteiger partial charge in [0.15, 0.2) is 6.29 Å². The zero-order valence-electron chi connectivity index (χ0n) is 17.6. The van der Waals surface area contributed by atoms with Crippen LogP contribution in [0.25, 0.3) is 43.1 Å². The fourth-order valence-electron chi connectivity index (χ4n) is 4.64. The molecule has 0 fully saturated rings. The van der Waals surface area contributed by atoms with E-state index in [2.05, 4.69) is 0 Å². The molecule has 7 nitrogen and oxygen atoms in total. The largest absolute Gasteiger partial charge is 1.00 e. The van der Waals surface area contributed by atoms with Gasteiger partial charge in [0.1, 0.15) is 0 Å². The van der Waals surface area contributed by atoms with Crippen molar-refractivity contribution in [3.05, 3.63) is 70.8 Å². The van der Waals surface area contributed by atoms with Crippen LogP contribution in [-0.2, 0) is 4.74 Å². The van der Waals surface area contributed by atoms with Crippen LogP contribution in [0.5, 0.6) is 0 Å². The predicted octanol–water partition coefficient (Wildman–Crippen LogP) is 0.402. The molecule has 1 N–H and O–H groups in total. The van der Waals surface area contributed by atoms with E-state index in [1.54, 1.807) is 36.4 Å². The van der Waals surface area contributed by atoms with Gasteiger partial charge < -0.3 is 19.7 Å². The van der Waals surface area contributed by atoms with E-state index in [0.717, 1.165) is 0 Å². The fourth-order valence-corrected chi connectivity index (χ4v) is 4.64. The van der Waals surface area contributed by atoms with Gasteiger partial charge in [-0.3, -0.25) is 4.79 Å². The zero-order chi connectivity index (χ0) is 22.7. The van der Waals surface area contributed by atoms with Crippen molar-refractivity contribution in [1.82, 2.24) is 0 Å². The third-order valence-electron chi connectivity index (χ3n) is 5.92. The maximum absolute atomic E-state index is 12.4. The first kappa shape index (κ1) is 23.3. The maximum atomic E-state index is 12.4. The van der Waals surface area contributed by atoms with Crippen molar-refractivity contribution < 1.29 is 85.5 Å². The number of aldehydes is 1. The minimum Gasteiger partial charge on any atom is -0.545 e. The molecule has 33 heavy (non-hydrogen) atoms. The average Bonchev–Trinajstić information content (AvgIpc) is 2.80. The van der Waals surface area contributed by atoms with Gasteiger partial charge in [-0.25, -0.2) is 9.59 Å². The van der Waals surface area contributed by atoms with E-state index in [9.17, 15) is 29.4 Å². The van der Waals surface area contributed by atoms with Crippen LogP contribution in [0.15, 0.2) is 48.5 Å². The number of rotatable bonds is 4. The summed E-state index contributed by atoms with van der Waals surface area (Å²) in [6.07, 6.45) is 0.660. The molecule has 0 aliphatic carbocycles. The van der Waals surface area contributed by atoms with Crippen LogP contribution in [0.2, 0.25) is 0 Å². The molecule has 0 amide bonds. The van der Waals surface area contributed by atoms with Crippen LogP contribution < -0.4 is 56.5 Å². The molecule has 0 saturated heterocycles. The van der Waals surface area contributed by atoms with Crippen molar-refractivity contribution in [2.45, 2.75) is 0 Å². The Morgan fingerprint density at radius 2 is 1.24 bits per heavy atom. The smallest absolute Gasteiger partial charge is 0.545 e. The Morgan fingerprint density at radius 1 is 0.758 bits per heavy atom. The molecule has 5 aromatic rings. The first-order chi connectivity index (χ1) is 15.4. The Morgan fingerprint density at radius 3 is 1.73 bits per heavy atom. The van der Waals surface area contributed by atoms with Crippen LogP contribution >= 0.6 is 0 Å². The van der Waals surface area contributed by atoms with Gasteiger partial charge in [0.2, 0.25) is 0 Å². The van der Waals surface area contributed by atoms with Crippen LogP contribution in [0.1, 0.15) is 41.4 Å². The number of fused-ring (bicyclic) bond motifs is 2. The van der Waals surface area contributed by atoms with E-state index in [0.29, 0.717) is 49.6 Å². The molecule has 0 aliphatic heterocycles. The number of methoxy groups -OCH3 is 1. The van der Waals surface area contributed by atoms with Gasteiger partial charge in [-0.05, 0) is 44.5 Å². The minimum atomic E-state index is -1.48. The number of hydrogen-bond donors (Lipinski definition) is 1. The Labute approximate surface area is 228 Å². The second-order valence-corrected chi connectivity index (χ2v) is 7.39. The number of carboxylic acids is 2. The summed E-state index contributed by atoms with van der Waals surface area (Å²) in [6.45, 7) is 0. The Hall–Kier alpha value is -2.88. The molecular formula is C25H13KO7. The fraction of sp³-hybridized carbons (Fsp3) is 0.0400. The molecule has 8 heteroatoms. The quantitative estimate of drug-likeness (QED) is 0.134. The summed E-state index contributed by atoms with van der Waals surface area (Å²) in [7, 11) is 1.25. The Kier molecular flexibility index (Phi) is 5.98. The molecule has 0 aromatic heterocycles. The summed E-state index contributed by atoms with van der Waals surface area (Å²) in [5, 5.41) is 25.6. The van der Waals surface area contributed by atoms with E-state index in [1.165, 1.54) is 19.2 Å². The molecule has 0 aliphatic rings. The second kappa shape index (κ2) is 8.47. The van der Waals surface area contributed by atoms with E-state index in [1.807, 2.05) is 0 Å². The van der Waals surface area contributed by atoms with Crippen molar-refractivity contribution >= 4 is 67.3 Å². The van der Waals surface area contributed by atoms with Gasteiger partial charge in [0, 0.05) is 21.9 Å². The number of aromatic carboxylic acids is 2. The Bertz CT molecular complexity index is 1580. The topological polar surface area (TPSA) is 121 Å². The number of esters is 1. The average molecular weight is 464 g/mol. The van der Waals surface area contributed by atoms with Gasteiger partial charge in [-0.2, -0.15) is 0 Å². The van der Waals surface area contributed by atoms with Crippen molar-refractivity contribution in [2.75, 3.05) is 7.11 Å². The van der Waals surface area contributed by atoms with E-state index in [-0.39, 0.29) is 73.5 Å². The Balaban J connectivity index is 0.00000259. The first-order valence-corrected chi connectivity index (χ1v) is 9.57. The van der Waals surface area contributed by atoms with Crippen molar-refractivity contribution in [1.29, 1.82) is 0 Å². The number of carbonyl (C=O) groups is 4. The zero-order valence-corrected chi connectivity index (χ0v) is 20.7. The van der Waals surface area contributed by atoms with Gasteiger partial charge in [0.25, 0.3) is 0 Å². The van der Waals surface area contributed by atoms with Gasteiger partial charge >= 0.3 is 63.3 Å². The number of hydrogen-bond acceptors (Lipinski definition) is 6. The minimum absolute atomic E-state index is 0. The summed E-state index contributed by atoms with van der Waals surface area (Å²) in [5.41, 5.74) is 0.154. The van der Waals surface area contributed by atoms with Crippen molar-refractivity contribution in [2.24, 2.45) is 0 Å². The molecule has 0 heterocycles. The summed E-state index contributed by atoms with van der Waals surface area (Å²) in [4.78, 5) is 47.9. The first-order valence-electron chi connectivity index (χ1n) is 9.57. The number of carbonyl (C=O) groups excluding carboxylic acids is 3. The van der Waals surface area contributed by atoms with E-state index < -0.39 is 17.9 Å². The van der Waals surface area contributed by atoms with Gasteiger partial charge in [-0.15, -0.1) is 0 Å². The SMILES string of the molecule is COC(=O)c1ccc2c3ccc(C(=O)O)c4c(C(=O)[O-])ccc(c5ccc(C=O)c1c52)c43.[K+]. The molecule has 0 atom stereocenters. The predicted molar refractivity (Wildman–Crippen MR) is 116 cm³/mol. The van der Waals surface area contributed by atoms with Crippen LogP contribution in [0, 0.1) is 0 Å². The monoisotopic (exact) mass is 464 g/mol. The van der Waals surface area contributed by atoms with Crippen molar-refractivity contribution in [3.63, 3.8) is 0 Å². The standard InChI is InChI=1S/C25H14O7.K/c1-32-25(31)18-9-6-13-15-5-8-17(24(29)30)22-16(23(27)28)7-4-14(21(15)22)12-3-2-11(10-26)19(18)20(12)13;/h2-10H,1H3,(H,27,28)(H,29,30);/q;+1/p-1. The van der Waals surface area contributed by atoms with Crippen LogP contribution in [-0.4, -0.2) is 36.4 Å². The molecule has 0 spiro atoms. The molecule has 5 aromatic carbocycles. The molecule has 156 valence electrons. The number of ether oxygens (including phenoxy) is 1. The third-order valence-corrected chi connectivity index (χ3v) is 5.92. The number of benzene rings is 5. The summed E-state index contributed by atoms with van der Waals surface area (Å²) in [5.74, 6) is -3.34. The molecule has 0 bridgehead atoms. The van der Waals surface area contributed by atoms with Crippen LogP contribution in [0.3, 0.4) is 0 Å². The van der Waals surface area contributed by atoms with E-state index >= 15 is 0 Å². The molecule has 0 radical (unpaired) electrons. The summed E-state index contributed by atoms with van der Waals surface area (Å²) >= 11 is 0. The second-order valence-electron chi connectivity index (χ2n) is 7.39. The maximum Gasteiger partial charge on any atom is 1.00 e. The molecule has 0 saturated carbocycles. The molecule has 0 unspecified atom stereocenters. The summed E-state index contributed by atoms with van der Waals surface area (Å²) in [6, 6.07) is 12.4. The summed E-state index contributed by atoms with van der Waals surface area (Å²) < 4.78 is 4.89.